The number of thioether (sulfide) groups is 1. The van der Waals surface area contributed by atoms with Gasteiger partial charge < -0.3 is 9.52 Å². The normalized spacial score (nSPS) is 19.3. The van der Waals surface area contributed by atoms with Gasteiger partial charge in [-0.15, -0.1) is 0 Å². The number of carbonyl (C=O) groups is 2. The molecule has 0 spiro atoms. The number of carboxylic acid groups (broad SMARTS) is 1. The minimum absolute atomic E-state index is 0.233. The summed E-state index contributed by atoms with van der Waals surface area (Å²) in [5.74, 6) is -1.02. The molecule has 19 heavy (non-hydrogen) atoms. The second kappa shape index (κ2) is 5.48. The zero-order valence-corrected chi connectivity index (χ0v) is 12.8. The lowest BCUT2D eigenvalue weighted by molar-refractivity contribution is -0.144. The maximum atomic E-state index is 12.1. The summed E-state index contributed by atoms with van der Waals surface area (Å²) in [5, 5.41) is 8.95. The highest BCUT2D eigenvalue weighted by Crippen LogP contribution is 2.34. The summed E-state index contributed by atoms with van der Waals surface area (Å²) in [4.78, 5) is 24.5. The van der Waals surface area contributed by atoms with Crippen LogP contribution in [0.25, 0.3) is 6.08 Å². The molecular formula is C11H8BrNO4S2. The zero-order chi connectivity index (χ0) is 14.2. The Bertz CT molecular complexity index is 595. The van der Waals surface area contributed by atoms with Crippen molar-refractivity contribution in [1.29, 1.82) is 0 Å². The Morgan fingerprint density at radius 3 is 2.84 bits per heavy atom. The number of rotatable bonds is 3. The number of hydrogen-bond acceptors (Lipinski definition) is 5. The molecule has 1 N–H and O–H groups in total. The van der Waals surface area contributed by atoms with Crippen molar-refractivity contribution in [1.82, 2.24) is 4.90 Å². The SMILES string of the molecule is C[C@H](C(=O)O)N1C(=O)/C(=C\c2ccc(Br)o2)SC1=S. The maximum absolute atomic E-state index is 12.1. The summed E-state index contributed by atoms with van der Waals surface area (Å²) < 4.78 is 6.05. The number of hydrogen-bond donors (Lipinski definition) is 1. The third-order valence-corrected chi connectivity index (χ3v) is 4.19. The molecule has 1 aromatic rings. The van der Waals surface area contributed by atoms with Crippen LogP contribution < -0.4 is 0 Å². The third kappa shape index (κ3) is 2.90. The van der Waals surface area contributed by atoms with E-state index in [4.69, 9.17) is 21.7 Å². The molecule has 0 aromatic carbocycles. The van der Waals surface area contributed by atoms with Crippen molar-refractivity contribution in [3.05, 3.63) is 27.5 Å². The number of carboxylic acids is 1. The van der Waals surface area contributed by atoms with Crippen molar-refractivity contribution >= 4 is 62.2 Å². The predicted molar refractivity (Wildman–Crippen MR) is 78.5 cm³/mol. The molecule has 2 rings (SSSR count). The Labute approximate surface area is 126 Å². The average Bonchev–Trinajstić information content (AvgIpc) is 2.84. The first-order valence-corrected chi connectivity index (χ1v) is 7.17. The van der Waals surface area contributed by atoms with E-state index in [9.17, 15) is 9.59 Å². The first kappa shape index (κ1) is 14.3. The van der Waals surface area contributed by atoms with Crippen LogP contribution in [0.3, 0.4) is 0 Å². The highest BCUT2D eigenvalue weighted by atomic mass is 79.9. The molecule has 0 saturated carbocycles. The standard InChI is InChI=1S/C11H8BrNO4S2/c1-5(10(15)16)13-9(14)7(19-11(13)18)4-6-2-3-8(12)17-6/h2-5H,1H3,(H,15,16)/b7-4+/t5-/m1/s1. The zero-order valence-electron chi connectivity index (χ0n) is 9.62. The second-order valence-corrected chi connectivity index (χ2v) is 6.17. The van der Waals surface area contributed by atoms with Gasteiger partial charge in [-0.1, -0.05) is 24.0 Å². The van der Waals surface area contributed by atoms with E-state index in [0.717, 1.165) is 16.7 Å². The van der Waals surface area contributed by atoms with Gasteiger partial charge in [0, 0.05) is 6.08 Å². The van der Waals surface area contributed by atoms with Gasteiger partial charge in [0.25, 0.3) is 5.91 Å². The fourth-order valence-corrected chi connectivity index (χ4v) is 3.18. The van der Waals surface area contributed by atoms with E-state index < -0.39 is 17.9 Å². The van der Waals surface area contributed by atoms with Gasteiger partial charge in [-0.25, -0.2) is 4.79 Å². The van der Waals surface area contributed by atoms with Crippen molar-refractivity contribution in [2.24, 2.45) is 0 Å². The molecule has 0 unspecified atom stereocenters. The second-order valence-electron chi connectivity index (χ2n) is 3.71. The highest BCUT2D eigenvalue weighted by molar-refractivity contribution is 9.10. The first-order valence-electron chi connectivity index (χ1n) is 5.15. The topological polar surface area (TPSA) is 70.8 Å². The number of amides is 1. The summed E-state index contributed by atoms with van der Waals surface area (Å²) in [6.07, 6.45) is 1.54. The van der Waals surface area contributed by atoms with Gasteiger partial charge >= 0.3 is 5.97 Å². The maximum Gasteiger partial charge on any atom is 0.326 e. The monoisotopic (exact) mass is 361 g/mol. The molecule has 5 nitrogen and oxygen atoms in total. The largest absolute Gasteiger partial charge is 0.480 e. The van der Waals surface area contributed by atoms with Gasteiger partial charge in [0.05, 0.1) is 4.91 Å². The van der Waals surface area contributed by atoms with E-state index >= 15 is 0 Å². The highest BCUT2D eigenvalue weighted by Gasteiger charge is 2.38. The van der Waals surface area contributed by atoms with Gasteiger partial charge in [0.15, 0.2) is 4.67 Å². The summed E-state index contributed by atoms with van der Waals surface area (Å²) in [6.45, 7) is 1.42. The molecule has 1 fully saturated rings. The van der Waals surface area contributed by atoms with Gasteiger partial charge in [-0.2, -0.15) is 0 Å². The van der Waals surface area contributed by atoms with Crippen molar-refractivity contribution in [3.63, 3.8) is 0 Å². The predicted octanol–water partition coefficient (Wildman–Crippen LogP) is 2.72. The van der Waals surface area contributed by atoms with E-state index in [-0.39, 0.29) is 4.32 Å². The molecule has 0 aliphatic carbocycles. The Morgan fingerprint density at radius 2 is 2.32 bits per heavy atom. The molecule has 1 aromatic heterocycles. The van der Waals surface area contributed by atoms with Crippen LogP contribution in [-0.4, -0.2) is 32.2 Å². The summed E-state index contributed by atoms with van der Waals surface area (Å²) in [7, 11) is 0. The van der Waals surface area contributed by atoms with Crippen LogP contribution in [0.1, 0.15) is 12.7 Å². The molecule has 1 atom stereocenters. The number of nitrogens with zero attached hydrogens (tertiary/aromatic N) is 1. The lowest BCUT2D eigenvalue weighted by Gasteiger charge is -2.18. The molecule has 1 saturated heterocycles. The molecule has 8 heteroatoms. The van der Waals surface area contributed by atoms with Crippen molar-refractivity contribution in [2.45, 2.75) is 13.0 Å². The number of carbonyl (C=O) groups excluding carboxylic acids is 1. The molecular weight excluding hydrogens is 354 g/mol. The van der Waals surface area contributed by atoms with Crippen LogP contribution in [0.5, 0.6) is 0 Å². The van der Waals surface area contributed by atoms with Crippen LogP contribution in [0.4, 0.5) is 0 Å². The van der Waals surface area contributed by atoms with E-state index in [1.807, 2.05) is 0 Å². The van der Waals surface area contributed by atoms with Crippen LogP contribution in [-0.2, 0) is 9.59 Å². The van der Waals surface area contributed by atoms with E-state index in [1.54, 1.807) is 18.2 Å². The van der Waals surface area contributed by atoms with Crippen molar-refractivity contribution in [2.75, 3.05) is 0 Å². The molecule has 0 bridgehead atoms. The molecule has 1 aliphatic rings. The van der Waals surface area contributed by atoms with Gasteiger partial charge in [0.2, 0.25) is 0 Å². The number of aliphatic carboxylic acids is 1. The Hall–Kier alpha value is -1.12. The third-order valence-electron chi connectivity index (χ3n) is 2.44. The van der Waals surface area contributed by atoms with E-state index in [1.165, 1.54) is 6.92 Å². The fourth-order valence-electron chi connectivity index (χ4n) is 1.46. The summed E-state index contributed by atoms with van der Waals surface area (Å²) in [5.41, 5.74) is 0. The van der Waals surface area contributed by atoms with Crippen LogP contribution in [0, 0.1) is 0 Å². The minimum atomic E-state index is -1.10. The number of furan rings is 1. The van der Waals surface area contributed by atoms with Crippen LogP contribution in [0.2, 0.25) is 0 Å². The first-order chi connectivity index (χ1) is 8.90. The Morgan fingerprint density at radius 1 is 1.63 bits per heavy atom. The molecule has 100 valence electrons. The van der Waals surface area contributed by atoms with Crippen LogP contribution in [0.15, 0.2) is 26.1 Å². The molecule has 1 amide bonds. The minimum Gasteiger partial charge on any atom is -0.480 e. The number of halogens is 1. The van der Waals surface area contributed by atoms with Gasteiger partial charge in [-0.05, 0) is 35.0 Å². The van der Waals surface area contributed by atoms with E-state index in [2.05, 4.69) is 15.9 Å². The van der Waals surface area contributed by atoms with Crippen LogP contribution >= 0.6 is 39.9 Å². The molecule has 1 aliphatic heterocycles. The van der Waals surface area contributed by atoms with Gasteiger partial charge in [-0.3, -0.25) is 9.69 Å². The molecule has 2 heterocycles. The fraction of sp³-hybridized carbons (Fsp3) is 0.182. The number of thiocarbonyl (C=S) groups is 1. The quantitative estimate of drug-likeness (QED) is 0.659. The average molecular weight is 362 g/mol. The van der Waals surface area contributed by atoms with E-state index in [0.29, 0.717) is 15.3 Å². The van der Waals surface area contributed by atoms with Crippen molar-refractivity contribution < 1.29 is 19.1 Å². The lowest BCUT2D eigenvalue weighted by atomic mass is 10.3. The molecule has 0 radical (unpaired) electrons. The Balaban J connectivity index is 2.27. The lowest BCUT2D eigenvalue weighted by Crippen LogP contribution is -2.41. The van der Waals surface area contributed by atoms with Crippen molar-refractivity contribution in [3.8, 4) is 0 Å². The van der Waals surface area contributed by atoms with Gasteiger partial charge in [0.1, 0.15) is 16.1 Å². The Kier molecular flexibility index (Phi) is 4.12. The smallest absolute Gasteiger partial charge is 0.326 e. The summed E-state index contributed by atoms with van der Waals surface area (Å²) in [6, 6.07) is 2.41. The summed E-state index contributed by atoms with van der Waals surface area (Å²) >= 11 is 9.26.